The molecule has 0 radical (unpaired) electrons. The van der Waals surface area contributed by atoms with Gasteiger partial charge in [0, 0.05) is 90.3 Å². The number of hydrogen-bond acceptors (Lipinski definition) is 16. The molecule has 2 aliphatic heterocycles. The first-order valence-electron chi connectivity index (χ1n) is 24.8. The second kappa shape index (κ2) is 26.6. The number of primary sulfonamides is 1. The zero-order valence-corrected chi connectivity index (χ0v) is 48.2. The quantitative estimate of drug-likeness (QED) is 0.0261. The Balaban J connectivity index is 0.00000270. The van der Waals surface area contributed by atoms with Gasteiger partial charge in [-0.3, -0.25) is 28.5 Å². The fraction of sp³-hybridized carbons (Fsp3) is 0.431. The Morgan fingerprint density at radius 1 is 0.859 bits per heavy atom. The molecule has 2 aromatic carbocycles. The molecule has 0 aliphatic carbocycles. The van der Waals surface area contributed by atoms with Crippen LogP contribution in [-0.2, 0) is 74.8 Å². The average Bonchev–Trinajstić information content (AvgIpc) is 3.91. The number of benzene rings is 2. The normalized spacial score (nSPS) is 15.5. The largest absolute Gasteiger partial charge is 0.425 e. The molecule has 0 saturated carbocycles. The summed E-state index contributed by atoms with van der Waals surface area (Å²) in [6.07, 6.45) is 13.5. The minimum Gasteiger partial charge on any atom is -0.356 e. The van der Waals surface area contributed by atoms with Gasteiger partial charge in [0.2, 0.25) is 11.6 Å². The van der Waals surface area contributed by atoms with E-state index in [1.807, 2.05) is 49.1 Å². The summed E-state index contributed by atoms with van der Waals surface area (Å²) in [5.74, 6) is -1.23. The smallest absolute Gasteiger partial charge is 0.356 e. The summed E-state index contributed by atoms with van der Waals surface area (Å²) in [4.78, 5) is 44.6. The number of carbonyl (C=O) groups is 3. The Labute approximate surface area is 460 Å². The van der Waals surface area contributed by atoms with Crippen molar-refractivity contribution in [1.82, 2.24) is 20.7 Å². The minimum absolute atomic E-state index is 0.0410. The lowest BCUT2D eigenvalue weighted by atomic mass is 9.81. The lowest BCUT2D eigenvalue weighted by Crippen LogP contribution is -2.36. The third kappa shape index (κ3) is 16.9. The number of nitrogens with two attached hydrogens (primary N) is 1. The summed E-state index contributed by atoms with van der Waals surface area (Å²) in [7, 11) is -14.4. The third-order valence-electron chi connectivity index (χ3n) is 13.1. The van der Waals surface area contributed by atoms with E-state index < -0.39 is 52.0 Å². The second-order valence-corrected chi connectivity index (χ2v) is 25.8. The Morgan fingerprint density at radius 3 is 2.19 bits per heavy atom. The minimum atomic E-state index is -4.55. The molecule has 27 heteroatoms. The van der Waals surface area contributed by atoms with E-state index in [2.05, 4.69) is 59.3 Å². The van der Waals surface area contributed by atoms with Crippen LogP contribution in [0.5, 0.6) is 0 Å². The van der Waals surface area contributed by atoms with Gasteiger partial charge in [-0.1, -0.05) is 62.6 Å². The lowest BCUT2D eigenvalue weighted by Gasteiger charge is -2.27. The van der Waals surface area contributed by atoms with Crippen molar-refractivity contribution in [3.8, 4) is 0 Å². The molecule has 2 amide bonds. The van der Waals surface area contributed by atoms with Crippen molar-refractivity contribution in [2.45, 2.75) is 112 Å². The number of amides is 2. The number of anilines is 1. The third-order valence-corrected chi connectivity index (χ3v) is 17.2. The number of unbranched alkanes of at least 4 members (excludes halogenated alkanes) is 3. The molecule has 22 nitrogen and oxygen atoms in total. The van der Waals surface area contributed by atoms with Gasteiger partial charge in [0.25, 0.3) is 45.5 Å². The summed E-state index contributed by atoms with van der Waals surface area (Å²) in [5.41, 5.74) is 5.66. The molecular formula is C51H66N8O14S5+2. The number of Topliss-reactive ketones (excluding diaryl/α,β-unsaturated/α-hetero) is 1. The van der Waals surface area contributed by atoms with Gasteiger partial charge >= 0.3 is 10.6 Å². The van der Waals surface area contributed by atoms with E-state index in [1.165, 1.54) is 35.6 Å². The summed E-state index contributed by atoms with van der Waals surface area (Å²) in [6.45, 7) is 11.8. The number of nitrogens with zero attached hydrogens (tertiary/aromatic N) is 5. The molecule has 78 heavy (non-hydrogen) atoms. The van der Waals surface area contributed by atoms with Crippen molar-refractivity contribution in [2.24, 2.45) is 12.2 Å². The number of allylic oxidation sites excluding steroid dienone is 6. The van der Waals surface area contributed by atoms with Gasteiger partial charge in [-0.15, -0.1) is 12.6 Å². The monoisotopic (exact) mass is 1170 g/mol. The van der Waals surface area contributed by atoms with E-state index in [4.69, 9.17) is 22.7 Å². The number of aromatic nitrogens is 3. The molecule has 0 unspecified atom stereocenters. The first-order chi connectivity index (χ1) is 36.4. The van der Waals surface area contributed by atoms with Crippen LogP contribution in [0.25, 0.3) is 5.57 Å². The summed E-state index contributed by atoms with van der Waals surface area (Å²) in [5, 5.41) is 15.1. The molecule has 0 saturated heterocycles. The molecule has 422 valence electrons. The van der Waals surface area contributed by atoms with E-state index in [0.29, 0.717) is 64.6 Å². The predicted octanol–water partition coefficient (Wildman–Crippen LogP) is 4.64. The zero-order valence-electron chi connectivity index (χ0n) is 44.1. The molecule has 2 aromatic heterocycles. The number of ketones is 1. The summed E-state index contributed by atoms with van der Waals surface area (Å²) >= 11 is 0.825. The van der Waals surface area contributed by atoms with Crippen LogP contribution in [0.3, 0.4) is 0 Å². The first-order valence-corrected chi connectivity index (χ1v) is 31.2. The summed E-state index contributed by atoms with van der Waals surface area (Å²) in [6, 6.07) is 16.1. The van der Waals surface area contributed by atoms with Crippen LogP contribution in [0.15, 0.2) is 100 Å². The second-order valence-electron chi connectivity index (χ2n) is 19.6. The standard InChI is InChI=1S/C51H64N8O11S4.O3S/c1-7-8-29-58-42-16-12-11-15-39(42)50(2,3)44(58)24-19-35(20-25-45-51(4,5)40-33-38(74(68,69)70)21-23-43(40)59(45)30-14-31-72(63,64)65)41-22-18-36(34-55-41)48(62)54-27-13-9-10-17-46(61)53-28-26-37(60)32-47-57(6)56-49(71-47)73(52,66)67;1-4(2)3/h11-12,15-16,18-25,33-34H,7-10,13-14,17,26-32H2,1-6H3,(H4-2,52,53,54,61,62,63,64,65,66,67,68,69,70);/p+2. The van der Waals surface area contributed by atoms with Gasteiger partial charge < -0.3 is 15.5 Å². The van der Waals surface area contributed by atoms with Crippen molar-refractivity contribution in [1.29, 1.82) is 0 Å². The Bertz CT molecular complexity index is 3490. The Kier molecular flexibility index (Phi) is 21.4. The Morgan fingerprint density at radius 2 is 1.56 bits per heavy atom. The highest BCUT2D eigenvalue weighted by Crippen LogP contribution is 2.49. The molecule has 0 spiro atoms. The SMILES string of the molecule is CCCC[N+]1=C(/C=C/C(=C/C=C2/N(CCCS(=O)(=O)O)c3ccc(S(=O)(=O)O)cc3C2(C)C)c2ccc(C(=O)NCCCCCC(=O)NCCC(=O)Cc3sc(S(N)(=O)=O)n[n+]3C)cn2)C(C)(C)c2ccccc21.O=S(=O)=O. The molecule has 4 heterocycles. The first kappa shape index (κ1) is 62.6. The summed E-state index contributed by atoms with van der Waals surface area (Å²) < 4.78 is 119. The predicted molar refractivity (Wildman–Crippen MR) is 293 cm³/mol. The van der Waals surface area contributed by atoms with E-state index in [-0.39, 0.29) is 71.0 Å². The van der Waals surface area contributed by atoms with Gasteiger partial charge in [0.1, 0.15) is 18.7 Å². The molecule has 6 N–H and O–H groups in total. The van der Waals surface area contributed by atoms with Gasteiger partial charge in [-0.2, -0.15) is 21.4 Å². The number of nitrogens with one attached hydrogen (secondary N) is 2. The molecule has 0 bridgehead atoms. The molecule has 6 rings (SSSR count). The topological polar surface area (TPSA) is 331 Å². The number of sulfonamides is 1. The zero-order chi connectivity index (χ0) is 57.8. The highest BCUT2D eigenvalue weighted by molar-refractivity contribution is 7.91. The number of aryl methyl sites for hydroxylation is 1. The number of carbonyl (C=O) groups excluding carboxylic acids is 3. The van der Waals surface area contributed by atoms with Crippen molar-refractivity contribution < 1.29 is 70.6 Å². The van der Waals surface area contributed by atoms with Crippen molar-refractivity contribution in [3.05, 3.63) is 118 Å². The van der Waals surface area contributed by atoms with Crippen LogP contribution in [0.4, 0.5) is 11.4 Å². The van der Waals surface area contributed by atoms with Crippen LogP contribution >= 0.6 is 11.3 Å². The van der Waals surface area contributed by atoms with E-state index in [0.717, 1.165) is 42.1 Å². The average molecular weight is 1180 g/mol. The van der Waals surface area contributed by atoms with Crippen molar-refractivity contribution in [3.63, 3.8) is 0 Å². The van der Waals surface area contributed by atoms with Gasteiger partial charge in [-0.05, 0) is 92.5 Å². The Hall–Kier alpha value is -6.20. The van der Waals surface area contributed by atoms with Crippen LogP contribution in [0.1, 0.15) is 118 Å². The highest BCUT2D eigenvalue weighted by atomic mass is 32.2. The lowest BCUT2D eigenvalue weighted by molar-refractivity contribution is -0.734. The molecule has 4 aromatic rings. The van der Waals surface area contributed by atoms with Crippen LogP contribution in [0, 0.1) is 0 Å². The van der Waals surface area contributed by atoms with Gasteiger partial charge in [-0.25, -0.2) is 13.6 Å². The maximum Gasteiger partial charge on any atom is 0.425 e. The van der Waals surface area contributed by atoms with Gasteiger partial charge in [0.05, 0.1) is 27.3 Å². The fourth-order valence-corrected chi connectivity index (χ4v) is 11.9. The van der Waals surface area contributed by atoms with Crippen LogP contribution < -0.4 is 25.4 Å². The maximum atomic E-state index is 13.3. The van der Waals surface area contributed by atoms with Crippen LogP contribution in [0.2, 0.25) is 0 Å². The molecule has 2 aliphatic rings. The number of pyridine rings is 1. The molecule has 0 fully saturated rings. The van der Waals surface area contributed by atoms with Gasteiger partial charge in [0.15, 0.2) is 12.8 Å². The van der Waals surface area contributed by atoms with Crippen LogP contribution in [-0.4, -0.2) is 117 Å². The van der Waals surface area contributed by atoms with E-state index >= 15 is 0 Å². The fourth-order valence-electron chi connectivity index (χ4n) is 9.13. The number of fused-ring (bicyclic) bond motifs is 2. The molecular weight excluding hydrogens is 1110 g/mol. The number of hydrogen-bond donors (Lipinski definition) is 5. The van der Waals surface area contributed by atoms with E-state index in [1.54, 1.807) is 18.2 Å². The number of para-hydroxylation sites is 1. The number of rotatable bonds is 25. The maximum absolute atomic E-state index is 13.3. The van der Waals surface area contributed by atoms with E-state index in [9.17, 15) is 48.7 Å². The highest BCUT2D eigenvalue weighted by Gasteiger charge is 2.44. The van der Waals surface area contributed by atoms with Crippen molar-refractivity contribution >= 4 is 92.5 Å². The molecule has 0 atom stereocenters. The van der Waals surface area contributed by atoms with Crippen molar-refractivity contribution in [2.75, 3.05) is 36.8 Å².